The maximum absolute atomic E-state index is 13.7. The summed E-state index contributed by atoms with van der Waals surface area (Å²) in [5.74, 6) is -1.62. The average molecular weight is 342 g/mol. The van der Waals surface area contributed by atoms with Gasteiger partial charge >= 0.3 is 6.03 Å². The van der Waals surface area contributed by atoms with Crippen molar-refractivity contribution >= 4 is 22.5 Å². The van der Waals surface area contributed by atoms with Crippen LogP contribution in [0.25, 0.3) is 0 Å². The molecule has 6 nitrogen and oxygen atoms in total. The maximum Gasteiger partial charge on any atom is 0.321 e. The number of carbonyl (C=O) groups excluding carboxylic acids is 1. The number of carbonyl (C=O) groups is 1. The number of aryl methyl sites for hydroxylation is 1. The quantitative estimate of drug-likeness (QED) is 0.779. The molecular weight excluding hydrogens is 326 g/mol. The van der Waals surface area contributed by atoms with Crippen molar-refractivity contribution in [3.8, 4) is 0 Å². The zero-order valence-corrected chi connectivity index (χ0v) is 13.4. The lowest BCUT2D eigenvalue weighted by Crippen LogP contribution is -2.41. The van der Waals surface area contributed by atoms with Crippen molar-refractivity contribution in [3.05, 3.63) is 40.4 Å². The van der Waals surface area contributed by atoms with Crippen LogP contribution in [0.2, 0.25) is 0 Å². The summed E-state index contributed by atoms with van der Waals surface area (Å²) in [7, 11) is 0. The molecule has 1 heterocycles. The van der Waals surface area contributed by atoms with Gasteiger partial charge < -0.3 is 10.4 Å². The standard InChI is InChI=1S/C14H16F2N4O2S/c1-3-11-19-20-13(23-11)18-12(21)17-7-14(2,22)9-5-4-8(15)6-10(9)16/h4-6,22H,3,7H2,1-2H3,(H2,17,18,20,21). The van der Waals surface area contributed by atoms with Crippen LogP contribution in [-0.4, -0.2) is 27.9 Å². The Hall–Kier alpha value is -2.13. The molecule has 23 heavy (non-hydrogen) atoms. The van der Waals surface area contributed by atoms with E-state index in [1.807, 2.05) is 6.92 Å². The van der Waals surface area contributed by atoms with Gasteiger partial charge in [0.1, 0.15) is 22.2 Å². The van der Waals surface area contributed by atoms with E-state index >= 15 is 0 Å². The van der Waals surface area contributed by atoms with Crippen LogP contribution in [0.15, 0.2) is 18.2 Å². The molecular formula is C14H16F2N4O2S. The third-order valence-corrected chi connectivity index (χ3v) is 4.08. The molecule has 2 rings (SSSR count). The lowest BCUT2D eigenvalue weighted by molar-refractivity contribution is 0.0561. The first kappa shape index (κ1) is 17.2. The fourth-order valence-electron chi connectivity index (χ4n) is 1.86. The Kier molecular flexibility index (Phi) is 5.22. The number of benzene rings is 1. The predicted molar refractivity (Wildman–Crippen MR) is 82.2 cm³/mol. The summed E-state index contributed by atoms with van der Waals surface area (Å²) >= 11 is 1.24. The smallest absolute Gasteiger partial charge is 0.321 e. The molecule has 0 spiro atoms. The summed E-state index contributed by atoms with van der Waals surface area (Å²) in [6.45, 7) is 2.98. The van der Waals surface area contributed by atoms with Crippen LogP contribution < -0.4 is 10.6 Å². The third kappa shape index (κ3) is 4.42. The highest BCUT2D eigenvalue weighted by atomic mass is 32.1. The second-order valence-electron chi connectivity index (χ2n) is 5.06. The molecule has 0 aliphatic carbocycles. The monoisotopic (exact) mass is 342 g/mol. The summed E-state index contributed by atoms with van der Waals surface area (Å²) in [6.07, 6.45) is 0.708. The van der Waals surface area contributed by atoms with Crippen LogP contribution in [0.1, 0.15) is 24.4 Å². The van der Waals surface area contributed by atoms with Gasteiger partial charge in [0.25, 0.3) is 0 Å². The zero-order valence-electron chi connectivity index (χ0n) is 12.6. The SMILES string of the molecule is CCc1nnc(NC(=O)NCC(C)(O)c2ccc(F)cc2F)s1. The van der Waals surface area contributed by atoms with Gasteiger partial charge in [-0.3, -0.25) is 5.32 Å². The highest BCUT2D eigenvalue weighted by Gasteiger charge is 2.27. The second-order valence-corrected chi connectivity index (χ2v) is 6.12. The van der Waals surface area contributed by atoms with Crippen molar-refractivity contribution in [1.29, 1.82) is 0 Å². The molecule has 2 amide bonds. The van der Waals surface area contributed by atoms with Gasteiger partial charge in [0.05, 0.1) is 6.54 Å². The number of urea groups is 1. The number of halogens is 2. The predicted octanol–water partition coefficient (Wildman–Crippen LogP) is 2.41. The van der Waals surface area contributed by atoms with Crippen LogP contribution in [0.5, 0.6) is 0 Å². The van der Waals surface area contributed by atoms with Crippen LogP contribution in [0, 0.1) is 11.6 Å². The van der Waals surface area contributed by atoms with Gasteiger partial charge in [-0.1, -0.05) is 24.3 Å². The van der Waals surface area contributed by atoms with Crippen molar-refractivity contribution < 1.29 is 18.7 Å². The Balaban J connectivity index is 1.96. The second kappa shape index (κ2) is 6.97. The Morgan fingerprint density at radius 2 is 2.13 bits per heavy atom. The molecule has 0 fully saturated rings. The number of aromatic nitrogens is 2. The van der Waals surface area contributed by atoms with Crippen molar-refractivity contribution in [2.75, 3.05) is 11.9 Å². The van der Waals surface area contributed by atoms with E-state index in [0.29, 0.717) is 17.6 Å². The van der Waals surface area contributed by atoms with Crippen molar-refractivity contribution in [2.45, 2.75) is 25.9 Å². The molecule has 1 unspecified atom stereocenters. The lowest BCUT2D eigenvalue weighted by atomic mass is 9.95. The Bertz CT molecular complexity index is 706. The summed E-state index contributed by atoms with van der Waals surface area (Å²) < 4.78 is 26.6. The Morgan fingerprint density at radius 1 is 1.39 bits per heavy atom. The minimum atomic E-state index is -1.69. The van der Waals surface area contributed by atoms with Gasteiger partial charge in [-0.15, -0.1) is 10.2 Å². The molecule has 0 aliphatic rings. The molecule has 0 aliphatic heterocycles. The molecule has 1 aromatic heterocycles. The van der Waals surface area contributed by atoms with Crippen molar-refractivity contribution in [1.82, 2.24) is 15.5 Å². The summed E-state index contributed by atoms with van der Waals surface area (Å²) in [5, 5.41) is 23.9. The lowest BCUT2D eigenvalue weighted by Gasteiger charge is -2.24. The average Bonchev–Trinajstić information content (AvgIpc) is 2.92. The van der Waals surface area contributed by atoms with E-state index in [-0.39, 0.29) is 12.1 Å². The van der Waals surface area contributed by atoms with Gasteiger partial charge in [0.15, 0.2) is 0 Å². The van der Waals surface area contributed by atoms with E-state index < -0.39 is 23.3 Å². The number of rotatable bonds is 5. The highest BCUT2D eigenvalue weighted by Crippen LogP contribution is 2.23. The van der Waals surface area contributed by atoms with E-state index in [4.69, 9.17) is 0 Å². The number of hydrogen-bond acceptors (Lipinski definition) is 5. The molecule has 0 bridgehead atoms. The van der Waals surface area contributed by atoms with Gasteiger partial charge in [-0.05, 0) is 19.4 Å². The first-order valence-electron chi connectivity index (χ1n) is 6.87. The molecule has 0 saturated carbocycles. The van der Waals surface area contributed by atoms with Gasteiger partial charge in [0, 0.05) is 11.6 Å². The first-order valence-corrected chi connectivity index (χ1v) is 7.68. The minimum Gasteiger partial charge on any atom is -0.383 e. The number of nitrogens with one attached hydrogen (secondary N) is 2. The molecule has 1 aromatic carbocycles. The van der Waals surface area contributed by atoms with Gasteiger partial charge in [-0.2, -0.15) is 0 Å². The normalized spacial score (nSPS) is 13.4. The number of hydrogen-bond donors (Lipinski definition) is 3. The molecule has 0 radical (unpaired) electrons. The van der Waals surface area contributed by atoms with E-state index in [1.54, 1.807) is 0 Å². The fraction of sp³-hybridized carbons (Fsp3) is 0.357. The van der Waals surface area contributed by atoms with Gasteiger partial charge in [0.2, 0.25) is 5.13 Å². The van der Waals surface area contributed by atoms with E-state index in [9.17, 15) is 18.7 Å². The van der Waals surface area contributed by atoms with E-state index in [0.717, 1.165) is 17.1 Å². The molecule has 3 N–H and O–H groups in total. The van der Waals surface area contributed by atoms with E-state index in [1.165, 1.54) is 18.3 Å². The third-order valence-electron chi connectivity index (χ3n) is 3.09. The number of aliphatic hydroxyl groups is 1. The van der Waals surface area contributed by atoms with Crippen molar-refractivity contribution in [3.63, 3.8) is 0 Å². The zero-order chi connectivity index (χ0) is 17.0. The summed E-state index contributed by atoms with van der Waals surface area (Å²) in [5.41, 5.74) is -1.80. The number of amides is 2. The molecule has 2 aromatic rings. The van der Waals surface area contributed by atoms with Crippen molar-refractivity contribution in [2.24, 2.45) is 0 Å². The van der Waals surface area contributed by atoms with E-state index in [2.05, 4.69) is 20.8 Å². The molecule has 1 atom stereocenters. The molecule has 124 valence electrons. The maximum atomic E-state index is 13.7. The Morgan fingerprint density at radius 3 is 2.74 bits per heavy atom. The fourth-order valence-corrected chi connectivity index (χ4v) is 2.54. The van der Waals surface area contributed by atoms with Crippen LogP contribution >= 0.6 is 11.3 Å². The van der Waals surface area contributed by atoms with Crippen LogP contribution in [0.3, 0.4) is 0 Å². The highest BCUT2D eigenvalue weighted by molar-refractivity contribution is 7.15. The largest absolute Gasteiger partial charge is 0.383 e. The number of nitrogens with zero attached hydrogens (tertiary/aromatic N) is 2. The number of anilines is 1. The Labute approximate surface area is 135 Å². The summed E-state index contributed by atoms with van der Waals surface area (Å²) in [6, 6.07) is 2.26. The van der Waals surface area contributed by atoms with Crippen LogP contribution in [-0.2, 0) is 12.0 Å². The van der Waals surface area contributed by atoms with Crippen LogP contribution in [0.4, 0.5) is 18.7 Å². The first-order chi connectivity index (χ1) is 10.8. The summed E-state index contributed by atoms with van der Waals surface area (Å²) in [4.78, 5) is 11.8. The minimum absolute atomic E-state index is 0.108. The van der Waals surface area contributed by atoms with Gasteiger partial charge in [-0.25, -0.2) is 13.6 Å². The molecule has 9 heteroatoms. The molecule has 0 saturated heterocycles. The topological polar surface area (TPSA) is 87.1 Å².